The molecule has 1 aliphatic rings. The highest BCUT2D eigenvalue weighted by Crippen LogP contribution is 2.33. The van der Waals surface area contributed by atoms with Crippen LogP contribution in [0.4, 0.5) is 0 Å². The molecule has 0 aromatic heterocycles. The maximum Gasteiger partial charge on any atom is 0.0551 e. The number of benzene rings is 1. The molecular weight excluding hydrogens is 336 g/mol. The number of halogens is 2. The van der Waals surface area contributed by atoms with Crippen LogP contribution in [0.5, 0.6) is 0 Å². The average Bonchev–Trinajstić information content (AvgIpc) is 2.54. The van der Waals surface area contributed by atoms with Crippen molar-refractivity contribution >= 4 is 27.5 Å². The van der Waals surface area contributed by atoms with Gasteiger partial charge in [0, 0.05) is 23.1 Å². The monoisotopic (exact) mass is 358 g/mol. The Labute approximate surface area is 135 Å². The molecule has 0 radical (unpaired) electrons. The molecule has 0 aliphatic carbocycles. The van der Waals surface area contributed by atoms with Gasteiger partial charge in [0.05, 0.1) is 5.02 Å². The predicted octanol–water partition coefficient (Wildman–Crippen LogP) is 4.61. The quantitative estimate of drug-likeness (QED) is 0.853. The Kier molecular flexibility index (Phi) is 5.91. The molecule has 2 rings (SSSR count). The number of likely N-dealkylation sites (tertiary alicyclic amines) is 1. The number of nitrogens with zero attached hydrogens (tertiary/aromatic N) is 1. The second-order valence-corrected chi connectivity index (χ2v) is 7.43. The molecule has 0 spiro atoms. The first-order chi connectivity index (χ1) is 9.49. The van der Waals surface area contributed by atoms with E-state index in [1.165, 1.54) is 18.4 Å². The zero-order valence-corrected chi connectivity index (χ0v) is 14.6. The standard InChI is InChI=1S/C16H24BrClN2/c1-11(2)10-20-8-4-3-5-15(19)16(20)12-6-7-13(17)14(18)9-12/h6-7,9,11,15-16H,3-5,8,10,19H2,1-2H3. The molecule has 2 N–H and O–H groups in total. The molecule has 0 amide bonds. The van der Waals surface area contributed by atoms with Crippen molar-refractivity contribution in [2.24, 2.45) is 11.7 Å². The fourth-order valence-electron chi connectivity index (χ4n) is 3.09. The van der Waals surface area contributed by atoms with Crippen molar-refractivity contribution in [3.05, 3.63) is 33.3 Å². The highest BCUT2D eigenvalue weighted by Gasteiger charge is 2.29. The molecule has 2 nitrogen and oxygen atoms in total. The summed E-state index contributed by atoms with van der Waals surface area (Å²) in [6, 6.07) is 6.72. The van der Waals surface area contributed by atoms with Gasteiger partial charge >= 0.3 is 0 Å². The zero-order valence-electron chi connectivity index (χ0n) is 12.3. The Hall–Kier alpha value is -0.0900. The minimum atomic E-state index is 0.188. The maximum absolute atomic E-state index is 6.47. The van der Waals surface area contributed by atoms with Crippen LogP contribution in [-0.4, -0.2) is 24.0 Å². The highest BCUT2D eigenvalue weighted by molar-refractivity contribution is 9.10. The van der Waals surface area contributed by atoms with Gasteiger partial charge in [0.15, 0.2) is 0 Å². The van der Waals surface area contributed by atoms with E-state index in [4.69, 9.17) is 17.3 Å². The lowest BCUT2D eigenvalue weighted by atomic mass is 9.95. The Bertz CT molecular complexity index is 450. The van der Waals surface area contributed by atoms with Gasteiger partial charge in [-0.25, -0.2) is 0 Å². The molecule has 1 aromatic carbocycles. The van der Waals surface area contributed by atoms with Gasteiger partial charge in [-0.05, 0) is 58.9 Å². The molecule has 4 heteroatoms. The first kappa shape index (κ1) is 16.3. The summed E-state index contributed by atoms with van der Waals surface area (Å²) in [6.07, 6.45) is 3.55. The molecule has 2 atom stereocenters. The minimum absolute atomic E-state index is 0.188. The van der Waals surface area contributed by atoms with E-state index in [1.54, 1.807) is 0 Å². The normalized spacial score (nSPS) is 24.9. The van der Waals surface area contributed by atoms with Crippen molar-refractivity contribution in [3.63, 3.8) is 0 Å². The van der Waals surface area contributed by atoms with Crippen molar-refractivity contribution in [1.82, 2.24) is 4.90 Å². The van der Waals surface area contributed by atoms with E-state index in [9.17, 15) is 0 Å². The Morgan fingerprint density at radius 2 is 2.15 bits per heavy atom. The summed E-state index contributed by atoms with van der Waals surface area (Å²) in [5, 5.41) is 0.767. The molecule has 112 valence electrons. The number of hydrogen-bond donors (Lipinski definition) is 1. The van der Waals surface area contributed by atoms with Crippen LogP contribution in [0, 0.1) is 5.92 Å². The lowest BCUT2D eigenvalue weighted by Gasteiger charge is -2.35. The lowest BCUT2D eigenvalue weighted by molar-refractivity contribution is 0.165. The molecule has 1 aromatic rings. The lowest BCUT2D eigenvalue weighted by Crippen LogP contribution is -2.41. The summed E-state index contributed by atoms with van der Waals surface area (Å²) in [4.78, 5) is 2.54. The second-order valence-electron chi connectivity index (χ2n) is 6.17. The van der Waals surface area contributed by atoms with Gasteiger partial charge in [-0.2, -0.15) is 0 Å². The Balaban J connectivity index is 2.31. The minimum Gasteiger partial charge on any atom is -0.326 e. The number of rotatable bonds is 3. The van der Waals surface area contributed by atoms with Crippen LogP contribution in [0.3, 0.4) is 0 Å². The molecule has 1 fully saturated rings. The Morgan fingerprint density at radius 1 is 1.40 bits per heavy atom. The summed E-state index contributed by atoms with van der Waals surface area (Å²) in [5.41, 5.74) is 7.71. The fraction of sp³-hybridized carbons (Fsp3) is 0.625. The van der Waals surface area contributed by atoms with Crippen LogP contribution >= 0.6 is 27.5 Å². The average molecular weight is 360 g/mol. The van der Waals surface area contributed by atoms with Crippen molar-refractivity contribution in [3.8, 4) is 0 Å². The van der Waals surface area contributed by atoms with Crippen LogP contribution in [0.1, 0.15) is 44.7 Å². The third-order valence-corrected chi connectivity index (χ3v) is 5.15. The summed E-state index contributed by atoms with van der Waals surface area (Å²) in [7, 11) is 0. The van der Waals surface area contributed by atoms with Crippen LogP contribution in [0.15, 0.2) is 22.7 Å². The van der Waals surface area contributed by atoms with E-state index >= 15 is 0 Å². The van der Waals surface area contributed by atoms with Gasteiger partial charge in [-0.15, -0.1) is 0 Å². The zero-order chi connectivity index (χ0) is 14.7. The summed E-state index contributed by atoms with van der Waals surface area (Å²) in [6.45, 7) is 6.75. The SMILES string of the molecule is CC(C)CN1CCCCC(N)C1c1ccc(Br)c(Cl)c1. The molecule has 1 heterocycles. The smallest absolute Gasteiger partial charge is 0.0551 e. The summed E-state index contributed by atoms with van der Waals surface area (Å²) >= 11 is 9.73. The van der Waals surface area contributed by atoms with E-state index in [0.29, 0.717) is 5.92 Å². The second kappa shape index (κ2) is 7.26. The first-order valence-corrected chi connectivity index (χ1v) is 8.60. The number of hydrogen-bond acceptors (Lipinski definition) is 2. The van der Waals surface area contributed by atoms with Gasteiger partial charge < -0.3 is 5.73 Å². The van der Waals surface area contributed by atoms with E-state index in [0.717, 1.165) is 29.0 Å². The van der Waals surface area contributed by atoms with Crippen LogP contribution in [0.25, 0.3) is 0 Å². The van der Waals surface area contributed by atoms with Crippen LogP contribution < -0.4 is 5.73 Å². The summed E-state index contributed by atoms with van der Waals surface area (Å²) < 4.78 is 0.945. The molecule has 2 unspecified atom stereocenters. The molecule has 1 aliphatic heterocycles. The van der Waals surface area contributed by atoms with Crippen molar-refractivity contribution in [2.75, 3.05) is 13.1 Å². The maximum atomic E-state index is 6.47. The Morgan fingerprint density at radius 3 is 2.80 bits per heavy atom. The van der Waals surface area contributed by atoms with E-state index in [2.05, 4.69) is 46.8 Å². The number of nitrogens with two attached hydrogens (primary N) is 1. The molecular formula is C16H24BrClN2. The molecule has 0 saturated carbocycles. The van der Waals surface area contributed by atoms with E-state index in [-0.39, 0.29) is 12.1 Å². The predicted molar refractivity (Wildman–Crippen MR) is 90.1 cm³/mol. The molecule has 0 bridgehead atoms. The van der Waals surface area contributed by atoms with Gasteiger partial charge in [0.25, 0.3) is 0 Å². The third-order valence-electron chi connectivity index (χ3n) is 3.92. The first-order valence-electron chi connectivity index (χ1n) is 7.43. The fourth-order valence-corrected chi connectivity index (χ4v) is 3.53. The highest BCUT2D eigenvalue weighted by atomic mass is 79.9. The molecule has 1 saturated heterocycles. The molecule has 20 heavy (non-hydrogen) atoms. The van der Waals surface area contributed by atoms with Crippen molar-refractivity contribution < 1.29 is 0 Å². The van der Waals surface area contributed by atoms with Gasteiger partial charge in [0.1, 0.15) is 0 Å². The largest absolute Gasteiger partial charge is 0.326 e. The van der Waals surface area contributed by atoms with Gasteiger partial charge in [-0.1, -0.05) is 37.9 Å². The van der Waals surface area contributed by atoms with Crippen molar-refractivity contribution in [2.45, 2.75) is 45.2 Å². The summed E-state index contributed by atoms with van der Waals surface area (Å²) in [5.74, 6) is 0.647. The van der Waals surface area contributed by atoms with Crippen LogP contribution in [-0.2, 0) is 0 Å². The van der Waals surface area contributed by atoms with Crippen molar-refractivity contribution in [1.29, 1.82) is 0 Å². The van der Waals surface area contributed by atoms with Crippen LogP contribution in [0.2, 0.25) is 5.02 Å². The topological polar surface area (TPSA) is 29.3 Å². The van der Waals surface area contributed by atoms with E-state index < -0.39 is 0 Å². The van der Waals surface area contributed by atoms with E-state index in [1.807, 2.05) is 6.07 Å². The van der Waals surface area contributed by atoms with Gasteiger partial charge in [0.2, 0.25) is 0 Å². The third kappa shape index (κ3) is 3.97. The van der Waals surface area contributed by atoms with Gasteiger partial charge in [-0.3, -0.25) is 4.90 Å².